The first-order valence-electron chi connectivity index (χ1n) is 7.69. The summed E-state index contributed by atoms with van der Waals surface area (Å²) in [5.41, 5.74) is 2.66. The van der Waals surface area contributed by atoms with Gasteiger partial charge in [0.05, 0.1) is 6.10 Å². The van der Waals surface area contributed by atoms with E-state index in [1.165, 1.54) is 11.1 Å². The van der Waals surface area contributed by atoms with Gasteiger partial charge in [-0.1, -0.05) is 42.5 Å². The van der Waals surface area contributed by atoms with Gasteiger partial charge < -0.3 is 10.1 Å². The normalized spacial score (nSPS) is 12.4. The molecule has 0 spiro atoms. The molecule has 2 nitrogen and oxygen atoms in total. The van der Waals surface area contributed by atoms with Crippen LogP contribution in [0.25, 0.3) is 0 Å². The summed E-state index contributed by atoms with van der Waals surface area (Å²) in [4.78, 5) is 0. The van der Waals surface area contributed by atoms with Gasteiger partial charge in [0.1, 0.15) is 5.75 Å². The molecule has 0 aliphatic heterocycles. The van der Waals surface area contributed by atoms with Gasteiger partial charge in [0.15, 0.2) is 0 Å². The van der Waals surface area contributed by atoms with Crippen LogP contribution in [0.2, 0.25) is 0 Å². The van der Waals surface area contributed by atoms with Crippen molar-refractivity contribution in [2.45, 2.75) is 39.3 Å². The lowest BCUT2D eigenvalue weighted by Gasteiger charge is -2.15. The second-order valence-electron chi connectivity index (χ2n) is 5.65. The van der Waals surface area contributed by atoms with Gasteiger partial charge in [0.25, 0.3) is 0 Å². The predicted octanol–water partition coefficient (Wildman–Crippen LogP) is 4.37. The average molecular weight is 283 g/mol. The van der Waals surface area contributed by atoms with Crippen molar-refractivity contribution in [2.75, 3.05) is 6.54 Å². The first-order valence-corrected chi connectivity index (χ1v) is 7.69. The summed E-state index contributed by atoms with van der Waals surface area (Å²) >= 11 is 0. The van der Waals surface area contributed by atoms with E-state index in [4.69, 9.17) is 4.74 Å². The van der Waals surface area contributed by atoms with Gasteiger partial charge >= 0.3 is 0 Å². The molecule has 0 bridgehead atoms. The van der Waals surface area contributed by atoms with Crippen molar-refractivity contribution in [3.05, 3.63) is 65.7 Å². The standard InChI is InChI=1S/C19H25NO/c1-15(2)21-19-11-9-18(10-12-19)16(3)20-14-13-17-7-5-4-6-8-17/h4-12,15-16,20H,13-14H2,1-3H3. The van der Waals surface area contributed by atoms with E-state index < -0.39 is 0 Å². The molecule has 0 aromatic heterocycles. The second-order valence-corrected chi connectivity index (χ2v) is 5.65. The highest BCUT2D eigenvalue weighted by Gasteiger charge is 2.05. The molecular formula is C19H25NO. The average Bonchev–Trinajstić information content (AvgIpc) is 2.48. The summed E-state index contributed by atoms with van der Waals surface area (Å²) in [6.07, 6.45) is 1.27. The number of benzene rings is 2. The fourth-order valence-corrected chi connectivity index (χ4v) is 2.30. The van der Waals surface area contributed by atoms with Gasteiger partial charge in [-0.2, -0.15) is 0 Å². The minimum absolute atomic E-state index is 0.220. The molecule has 0 amide bonds. The van der Waals surface area contributed by atoms with E-state index in [1.807, 2.05) is 26.0 Å². The predicted molar refractivity (Wildman–Crippen MR) is 88.8 cm³/mol. The van der Waals surface area contributed by atoms with E-state index in [0.29, 0.717) is 6.04 Å². The molecule has 0 radical (unpaired) electrons. The molecule has 0 fully saturated rings. The van der Waals surface area contributed by atoms with E-state index in [2.05, 4.69) is 54.7 Å². The zero-order valence-corrected chi connectivity index (χ0v) is 13.2. The topological polar surface area (TPSA) is 21.3 Å². The Morgan fingerprint density at radius 1 is 0.905 bits per heavy atom. The Morgan fingerprint density at radius 3 is 2.19 bits per heavy atom. The number of hydrogen-bond donors (Lipinski definition) is 1. The maximum atomic E-state index is 5.67. The molecule has 1 atom stereocenters. The summed E-state index contributed by atoms with van der Waals surface area (Å²) in [6, 6.07) is 19.3. The third kappa shape index (κ3) is 5.24. The molecule has 2 rings (SSSR count). The number of rotatable bonds is 7. The molecule has 0 aliphatic carbocycles. The Bertz CT molecular complexity index is 519. The summed E-state index contributed by atoms with van der Waals surface area (Å²) in [6.45, 7) is 7.27. The fraction of sp³-hybridized carbons (Fsp3) is 0.368. The molecule has 1 unspecified atom stereocenters. The molecule has 1 N–H and O–H groups in total. The number of hydrogen-bond acceptors (Lipinski definition) is 2. The highest BCUT2D eigenvalue weighted by atomic mass is 16.5. The third-order valence-corrected chi connectivity index (χ3v) is 3.46. The molecular weight excluding hydrogens is 258 g/mol. The van der Waals surface area contributed by atoms with Crippen LogP contribution >= 0.6 is 0 Å². The Balaban J connectivity index is 1.81. The van der Waals surface area contributed by atoms with Gasteiger partial charge in [-0.3, -0.25) is 0 Å². The minimum atomic E-state index is 0.220. The Hall–Kier alpha value is -1.80. The largest absolute Gasteiger partial charge is 0.491 e. The third-order valence-electron chi connectivity index (χ3n) is 3.46. The Kier molecular flexibility index (Phi) is 5.82. The highest BCUT2D eigenvalue weighted by Crippen LogP contribution is 2.18. The minimum Gasteiger partial charge on any atom is -0.491 e. The van der Waals surface area contributed by atoms with Crippen molar-refractivity contribution in [3.63, 3.8) is 0 Å². The van der Waals surface area contributed by atoms with Crippen LogP contribution in [0.3, 0.4) is 0 Å². The van der Waals surface area contributed by atoms with Gasteiger partial charge in [-0.25, -0.2) is 0 Å². The lowest BCUT2D eigenvalue weighted by atomic mass is 10.1. The maximum absolute atomic E-state index is 5.67. The van der Waals surface area contributed by atoms with Crippen molar-refractivity contribution in [3.8, 4) is 5.75 Å². The molecule has 0 heterocycles. The lowest BCUT2D eigenvalue weighted by Crippen LogP contribution is -2.21. The summed E-state index contributed by atoms with van der Waals surface area (Å²) < 4.78 is 5.67. The lowest BCUT2D eigenvalue weighted by molar-refractivity contribution is 0.242. The van der Waals surface area contributed by atoms with E-state index in [0.717, 1.165) is 18.7 Å². The summed E-state index contributed by atoms with van der Waals surface area (Å²) in [5, 5.41) is 3.57. The monoisotopic (exact) mass is 283 g/mol. The van der Waals surface area contributed by atoms with Gasteiger partial charge in [-0.05, 0) is 57.0 Å². The first-order chi connectivity index (χ1) is 10.1. The maximum Gasteiger partial charge on any atom is 0.119 e. The molecule has 112 valence electrons. The zero-order chi connectivity index (χ0) is 15.1. The van der Waals surface area contributed by atoms with Crippen LogP contribution in [-0.4, -0.2) is 12.6 Å². The fourth-order valence-electron chi connectivity index (χ4n) is 2.30. The smallest absolute Gasteiger partial charge is 0.119 e. The Labute approximate surface area is 128 Å². The van der Waals surface area contributed by atoms with E-state index in [9.17, 15) is 0 Å². The first kappa shape index (κ1) is 15.6. The molecule has 2 aromatic carbocycles. The molecule has 0 aliphatic rings. The summed E-state index contributed by atoms with van der Waals surface area (Å²) in [5.74, 6) is 0.935. The van der Waals surface area contributed by atoms with Crippen molar-refractivity contribution in [1.29, 1.82) is 0 Å². The summed E-state index contributed by atoms with van der Waals surface area (Å²) in [7, 11) is 0. The molecule has 2 heteroatoms. The molecule has 2 aromatic rings. The van der Waals surface area contributed by atoms with Crippen LogP contribution < -0.4 is 10.1 Å². The van der Waals surface area contributed by atoms with Crippen molar-refractivity contribution < 1.29 is 4.74 Å². The van der Waals surface area contributed by atoms with Crippen LogP contribution in [-0.2, 0) is 6.42 Å². The van der Waals surface area contributed by atoms with Crippen LogP contribution in [0, 0.1) is 0 Å². The van der Waals surface area contributed by atoms with Gasteiger partial charge in [0.2, 0.25) is 0 Å². The second kappa shape index (κ2) is 7.84. The Morgan fingerprint density at radius 2 is 1.57 bits per heavy atom. The van der Waals surface area contributed by atoms with Crippen molar-refractivity contribution >= 4 is 0 Å². The van der Waals surface area contributed by atoms with E-state index in [-0.39, 0.29) is 6.10 Å². The molecule has 0 saturated carbocycles. The van der Waals surface area contributed by atoms with E-state index in [1.54, 1.807) is 0 Å². The van der Waals surface area contributed by atoms with Crippen LogP contribution in [0.5, 0.6) is 5.75 Å². The van der Waals surface area contributed by atoms with Gasteiger partial charge in [-0.15, -0.1) is 0 Å². The quantitative estimate of drug-likeness (QED) is 0.815. The SMILES string of the molecule is CC(C)Oc1ccc(C(C)NCCc2ccccc2)cc1. The zero-order valence-electron chi connectivity index (χ0n) is 13.2. The number of nitrogens with one attached hydrogen (secondary N) is 1. The van der Waals surface area contributed by atoms with Crippen molar-refractivity contribution in [2.24, 2.45) is 0 Å². The molecule has 0 saturated heterocycles. The van der Waals surface area contributed by atoms with E-state index >= 15 is 0 Å². The van der Waals surface area contributed by atoms with Crippen LogP contribution in [0.1, 0.15) is 37.9 Å². The van der Waals surface area contributed by atoms with Crippen molar-refractivity contribution in [1.82, 2.24) is 5.32 Å². The molecule has 21 heavy (non-hydrogen) atoms. The van der Waals surface area contributed by atoms with Crippen LogP contribution in [0.4, 0.5) is 0 Å². The number of ether oxygens (including phenoxy) is 1. The highest BCUT2D eigenvalue weighted by molar-refractivity contribution is 5.29. The van der Waals surface area contributed by atoms with Gasteiger partial charge in [0, 0.05) is 6.04 Å². The van der Waals surface area contributed by atoms with Crippen LogP contribution in [0.15, 0.2) is 54.6 Å².